The third-order valence-electron chi connectivity index (χ3n) is 5.46. The van der Waals surface area contributed by atoms with Crippen LogP contribution in [-0.4, -0.2) is 46.7 Å². The highest BCUT2D eigenvalue weighted by molar-refractivity contribution is 8.18. The summed E-state index contributed by atoms with van der Waals surface area (Å²) < 4.78 is 25.0. The van der Waals surface area contributed by atoms with Crippen molar-refractivity contribution >= 4 is 58.1 Å². The lowest BCUT2D eigenvalue weighted by atomic mass is 10.1. The summed E-state index contributed by atoms with van der Waals surface area (Å²) in [6.07, 6.45) is 1.43. The van der Waals surface area contributed by atoms with Gasteiger partial charge in [-0.25, -0.2) is 9.18 Å². The molecule has 3 aromatic rings. The molecular weight excluding hydrogens is 551 g/mol. The monoisotopic (exact) mass is 570 g/mol. The highest BCUT2D eigenvalue weighted by atomic mass is 35.5. The van der Waals surface area contributed by atoms with Crippen molar-refractivity contribution in [3.8, 4) is 11.5 Å². The maximum Gasteiger partial charge on any atom is 0.335 e. The van der Waals surface area contributed by atoms with Gasteiger partial charge in [-0.3, -0.25) is 19.3 Å². The first-order valence-corrected chi connectivity index (χ1v) is 12.5. The Hall–Kier alpha value is -4.35. The van der Waals surface area contributed by atoms with Crippen LogP contribution in [0.1, 0.15) is 21.5 Å². The molecule has 0 unspecified atom stereocenters. The van der Waals surface area contributed by atoms with Gasteiger partial charge in [-0.15, -0.1) is 0 Å². The second-order valence-corrected chi connectivity index (χ2v) is 9.52. The molecule has 1 aliphatic rings. The summed E-state index contributed by atoms with van der Waals surface area (Å²) in [7, 11) is 1.41. The fraction of sp³-hybridized carbons (Fsp3) is 0.111. The van der Waals surface area contributed by atoms with E-state index >= 15 is 0 Å². The number of rotatable bonds is 9. The van der Waals surface area contributed by atoms with Gasteiger partial charge in [0, 0.05) is 0 Å². The smallest absolute Gasteiger partial charge is 0.335 e. The van der Waals surface area contributed by atoms with Gasteiger partial charge in [0.05, 0.1) is 28.3 Å². The SMILES string of the molecule is COc1cc(/C=C2\SC(=O)N(CC(=O)Nc3ccccc3F)C2=O)cc(Cl)c1OCc1ccc(C(=O)O)cc1. The van der Waals surface area contributed by atoms with Gasteiger partial charge in [0.2, 0.25) is 5.91 Å². The van der Waals surface area contributed by atoms with Gasteiger partial charge < -0.3 is 19.9 Å². The van der Waals surface area contributed by atoms with Crippen molar-refractivity contribution in [1.29, 1.82) is 0 Å². The molecule has 12 heteroatoms. The Kier molecular flexibility index (Phi) is 8.52. The lowest BCUT2D eigenvalue weighted by molar-refractivity contribution is -0.127. The molecule has 0 aliphatic carbocycles. The van der Waals surface area contributed by atoms with Gasteiger partial charge in [-0.1, -0.05) is 35.9 Å². The van der Waals surface area contributed by atoms with E-state index in [1.165, 1.54) is 55.7 Å². The number of nitrogens with zero attached hydrogens (tertiary/aromatic N) is 1. The highest BCUT2D eigenvalue weighted by Crippen LogP contribution is 2.39. The number of carbonyl (C=O) groups is 4. The van der Waals surface area contributed by atoms with Crippen molar-refractivity contribution in [2.24, 2.45) is 0 Å². The predicted molar refractivity (Wildman–Crippen MR) is 143 cm³/mol. The first-order chi connectivity index (χ1) is 18.7. The molecule has 9 nitrogen and oxygen atoms in total. The number of imide groups is 1. The molecule has 1 saturated heterocycles. The van der Waals surface area contributed by atoms with Crippen molar-refractivity contribution in [2.45, 2.75) is 6.61 Å². The van der Waals surface area contributed by atoms with Crippen LogP contribution in [0.15, 0.2) is 65.6 Å². The normalized spacial score (nSPS) is 14.0. The summed E-state index contributed by atoms with van der Waals surface area (Å²) in [4.78, 5) is 49.4. The number of hydrogen-bond donors (Lipinski definition) is 2. The van der Waals surface area contributed by atoms with Crippen molar-refractivity contribution in [3.63, 3.8) is 0 Å². The quantitative estimate of drug-likeness (QED) is 0.326. The molecule has 4 rings (SSSR count). The first kappa shape index (κ1) is 27.7. The second kappa shape index (κ2) is 12.0. The van der Waals surface area contributed by atoms with E-state index in [0.717, 1.165) is 4.90 Å². The summed E-state index contributed by atoms with van der Waals surface area (Å²) in [6.45, 7) is -0.496. The number of para-hydroxylation sites is 1. The Morgan fingerprint density at radius 2 is 1.85 bits per heavy atom. The molecule has 2 N–H and O–H groups in total. The number of nitrogens with one attached hydrogen (secondary N) is 1. The summed E-state index contributed by atoms with van der Waals surface area (Å²) >= 11 is 7.07. The van der Waals surface area contributed by atoms with E-state index in [0.29, 0.717) is 22.9 Å². The Balaban J connectivity index is 1.46. The van der Waals surface area contributed by atoms with Crippen LogP contribution >= 0.6 is 23.4 Å². The molecule has 0 aromatic heterocycles. The number of carboxylic acids is 1. The van der Waals surface area contributed by atoms with Crippen LogP contribution in [0.2, 0.25) is 5.02 Å². The Morgan fingerprint density at radius 1 is 1.13 bits per heavy atom. The van der Waals surface area contributed by atoms with Crippen LogP contribution in [-0.2, 0) is 16.2 Å². The molecule has 0 bridgehead atoms. The van der Waals surface area contributed by atoms with Crippen LogP contribution in [0, 0.1) is 5.82 Å². The topological polar surface area (TPSA) is 122 Å². The highest BCUT2D eigenvalue weighted by Gasteiger charge is 2.36. The van der Waals surface area contributed by atoms with Crippen LogP contribution in [0.5, 0.6) is 11.5 Å². The van der Waals surface area contributed by atoms with Crippen LogP contribution in [0.3, 0.4) is 0 Å². The Morgan fingerprint density at radius 3 is 2.51 bits per heavy atom. The minimum Gasteiger partial charge on any atom is -0.493 e. The number of aromatic carboxylic acids is 1. The molecule has 0 radical (unpaired) electrons. The maximum absolute atomic E-state index is 13.8. The van der Waals surface area contributed by atoms with Crippen molar-refractivity contribution in [2.75, 3.05) is 19.0 Å². The van der Waals surface area contributed by atoms with E-state index < -0.39 is 35.4 Å². The minimum absolute atomic E-state index is 0.0593. The number of amides is 3. The lowest BCUT2D eigenvalue weighted by Crippen LogP contribution is -2.36. The lowest BCUT2D eigenvalue weighted by Gasteiger charge is -2.14. The molecule has 0 saturated carbocycles. The molecule has 1 fully saturated rings. The zero-order valence-corrected chi connectivity index (χ0v) is 21.8. The average molecular weight is 571 g/mol. The number of methoxy groups -OCH3 is 1. The van der Waals surface area contributed by atoms with Gasteiger partial charge in [0.1, 0.15) is 19.0 Å². The van der Waals surface area contributed by atoms with Crippen LogP contribution in [0.25, 0.3) is 6.08 Å². The molecule has 1 aliphatic heterocycles. The molecule has 0 spiro atoms. The average Bonchev–Trinajstić information content (AvgIpc) is 3.16. The summed E-state index contributed by atoms with van der Waals surface area (Å²) in [5, 5.41) is 10.9. The number of carboxylic acid groups (broad SMARTS) is 1. The van der Waals surface area contributed by atoms with E-state index in [4.69, 9.17) is 26.2 Å². The largest absolute Gasteiger partial charge is 0.493 e. The number of ether oxygens (including phenoxy) is 2. The van der Waals surface area contributed by atoms with Gasteiger partial charge in [0.25, 0.3) is 11.1 Å². The zero-order chi connectivity index (χ0) is 28.1. The number of halogens is 2. The van der Waals surface area contributed by atoms with E-state index in [2.05, 4.69) is 5.32 Å². The predicted octanol–water partition coefficient (Wildman–Crippen LogP) is 5.44. The van der Waals surface area contributed by atoms with Gasteiger partial charge >= 0.3 is 5.97 Å². The second-order valence-electron chi connectivity index (χ2n) is 8.12. The molecule has 3 amide bonds. The standard InChI is InChI=1S/C27H20ClFN2O7S/c1-37-21-11-16(10-18(28)24(21)38-14-15-6-8-17(9-7-15)26(34)35)12-22-25(33)31(27(36)39-22)13-23(32)30-20-5-3-2-4-19(20)29/h2-12H,13-14H2,1H3,(H,30,32)(H,34,35)/b22-12-. The van der Waals surface area contributed by atoms with Gasteiger partial charge in [0.15, 0.2) is 11.5 Å². The van der Waals surface area contributed by atoms with Crippen molar-refractivity contribution < 1.29 is 38.1 Å². The first-order valence-electron chi connectivity index (χ1n) is 11.3. The number of hydrogen-bond acceptors (Lipinski definition) is 7. The van der Waals surface area contributed by atoms with E-state index in [9.17, 15) is 23.6 Å². The molecule has 3 aromatic carbocycles. The molecule has 39 heavy (non-hydrogen) atoms. The van der Waals surface area contributed by atoms with Crippen molar-refractivity contribution in [1.82, 2.24) is 4.90 Å². The van der Waals surface area contributed by atoms with E-state index in [1.807, 2.05) is 0 Å². The Bertz CT molecular complexity index is 1490. The molecule has 200 valence electrons. The molecule has 1 heterocycles. The van der Waals surface area contributed by atoms with Crippen LogP contribution in [0.4, 0.5) is 14.9 Å². The van der Waals surface area contributed by atoms with Crippen LogP contribution < -0.4 is 14.8 Å². The fourth-order valence-corrected chi connectivity index (χ4v) is 4.66. The number of benzene rings is 3. The fourth-order valence-electron chi connectivity index (χ4n) is 3.55. The number of anilines is 1. The zero-order valence-electron chi connectivity index (χ0n) is 20.3. The number of thioether (sulfide) groups is 1. The minimum atomic E-state index is -1.04. The van der Waals surface area contributed by atoms with Crippen molar-refractivity contribution in [3.05, 3.63) is 93.1 Å². The summed E-state index contributed by atoms with van der Waals surface area (Å²) in [5.41, 5.74) is 1.23. The molecule has 0 atom stereocenters. The van der Waals surface area contributed by atoms with E-state index in [-0.39, 0.29) is 39.3 Å². The third kappa shape index (κ3) is 6.57. The Labute approximate surface area is 231 Å². The molecular formula is C27H20ClFN2O7S. The van der Waals surface area contributed by atoms with Gasteiger partial charge in [-0.2, -0.15) is 0 Å². The number of carbonyl (C=O) groups excluding carboxylic acids is 3. The third-order valence-corrected chi connectivity index (χ3v) is 6.64. The summed E-state index contributed by atoms with van der Waals surface area (Å²) in [5.74, 6) is -2.60. The summed E-state index contributed by atoms with van der Waals surface area (Å²) in [6, 6.07) is 14.8. The van der Waals surface area contributed by atoms with E-state index in [1.54, 1.807) is 18.2 Å². The maximum atomic E-state index is 13.8. The van der Waals surface area contributed by atoms with Gasteiger partial charge in [-0.05, 0) is 65.4 Å².